The van der Waals surface area contributed by atoms with Crippen LogP contribution in [-0.2, 0) is 9.47 Å². The highest BCUT2D eigenvalue weighted by Crippen LogP contribution is 2.71. The molecule has 0 unspecified atom stereocenters. The standard InChI is InChI=1S/C27H45NO3/c1-15-7-10-27(30-14-15)16(2)24-22(31-27)12-21-19-6-5-17-11-18(29)8-9-25(17,3)20(19)13-23(28)26(21,24)4/h15-24,29H,5-14,28H2,1-4H3/t15-,16+,17+,18-,19-,20-,21-,22-,23+,24+,25+,26+,27-/m1/s1. The second kappa shape index (κ2) is 6.93. The maximum Gasteiger partial charge on any atom is 0.171 e. The molecule has 6 fully saturated rings. The lowest BCUT2D eigenvalue weighted by Crippen LogP contribution is -2.61. The van der Waals surface area contributed by atoms with E-state index in [1.54, 1.807) is 0 Å². The highest BCUT2D eigenvalue weighted by atomic mass is 16.7. The molecule has 6 rings (SSSR count). The number of ether oxygens (including phenoxy) is 2. The molecule has 176 valence electrons. The van der Waals surface area contributed by atoms with Gasteiger partial charge in [-0.25, -0.2) is 0 Å². The van der Waals surface area contributed by atoms with Crippen LogP contribution >= 0.6 is 0 Å². The van der Waals surface area contributed by atoms with Gasteiger partial charge in [-0.2, -0.15) is 0 Å². The van der Waals surface area contributed by atoms with E-state index in [1.807, 2.05) is 0 Å². The highest BCUT2D eigenvalue weighted by Gasteiger charge is 2.71. The largest absolute Gasteiger partial charge is 0.393 e. The fourth-order valence-corrected chi connectivity index (χ4v) is 10.3. The molecule has 2 saturated heterocycles. The van der Waals surface area contributed by atoms with E-state index in [9.17, 15) is 5.11 Å². The summed E-state index contributed by atoms with van der Waals surface area (Å²) in [6.07, 6.45) is 10.7. The Bertz CT molecular complexity index is 719. The molecule has 0 bridgehead atoms. The Morgan fingerprint density at radius 3 is 2.48 bits per heavy atom. The van der Waals surface area contributed by atoms with Crippen LogP contribution in [0.2, 0.25) is 0 Å². The van der Waals surface area contributed by atoms with Crippen LogP contribution in [0.5, 0.6) is 0 Å². The Kier molecular flexibility index (Phi) is 4.78. The minimum Gasteiger partial charge on any atom is -0.393 e. The molecule has 13 atom stereocenters. The lowest BCUT2D eigenvalue weighted by Gasteiger charge is -2.62. The minimum absolute atomic E-state index is 0.0772. The predicted molar refractivity (Wildman–Crippen MR) is 121 cm³/mol. The summed E-state index contributed by atoms with van der Waals surface area (Å²) in [5.41, 5.74) is 7.72. The maximum atomic E-state index is 10.3. The van der Waals surface area contributed by atoms with Gasteiger partial charge in [-0.1, -0.05) is 27.7 Å². The van der Waals surface area contributed by atoms with Gasteiger partial charge in [0.25, 0.3) is 0 Å². The minimum atomic E-state index is -0.352. The Labute approximate surface area is 189 Å². The third-order valence-electron chi connectivity index (χ3n) is 12.1. The highest BCUT2D eigenvalue weighted by molar-refractivity contribution is 5.18. The van der Waals surface area contributed by atoms with Crippen LogP contribution in [0.25, 0.3) is 0 Å². The van der Waals surface area contributed by atoms with Gasteiger partial charge in [0.1, 0.15) is 0 Å². The SMILES string of the molecule is C[C@@H]1CC[C@@]2(OC1)O[C@@H]1C[C@@H]3[C@@H]4CC[C@H]5C[C@H](O)CC[C@]5(C)[C@@H]4C[C@H](N)[C@@]3(C)[C@H]1[C@@H]2C. The summed E-state index contributed by atoms with van der Waals surface area (Å²) < 4.78 is 13.4. The number of aliphatic hydroxyl groups excluding tert-OH is 1. The zero-order chi connectivity index (χ0) is 21.8. The molecule has 2 aliphatic heterocycles. The van der Waals surface area contributed by atoms with Crippen LogP contribution in [0.3, 0.4) is 0 Å². The second-order valence-corrected chi connectivity index (χ2v) is 13.3. The van der Waals surface area contributed by atoms with Gasteiger partial charge in [0.15, 0.2) is 5.79 Å². The first-order valence-corrected chi connectivity index (χ1v) is 13.4. The van der Waals surface area contributed by atoms with E-state index >= 15 is 0 Å². The average Bonchev–Trinajstić information content (AvgIpc) is 3.18. The Balaban J connectivity index is 1.29. The van der Waals surface area contributed by atoms with E-state index in [-0.39, 0.29) is 23.3 Å². The van der Waals surface area contributed by atoms with Gasteiger partial charge in [0.2, 0.25) is 0 Å². The van der Waals surface area contributed by atoms with E-state index in [2.05, 4.69) is 27.7 Å². The van der Waals surface area contributed by atoms with Gasteiger partial charge >= 0.3 is 0 Å². The van der Waals surface area contributed by atoms with Crippen molar-refractivity contribution in [2.75, 3.05) is 6.61 Å². The van der Waals surface area contributed by atoms with Crippen molar-refractivity contribution in [1.82, 2.24) is 0 Å². The van der Waals surface area contributed by atoms with E-state index in [0.717, 1.165) is 37.7 Å². The second-order valence-electron chi connectivity index (χ2n) is 13.3. The molecular weight excluding hydrogens is 386 g/mol. The molecule has 4 nitrogen and oxygen atoms in total. The summed E-state index contributed by atoms with van der Waals surface area (Å²) in [6, 6.07) is 0.250. The summed E-state index contributed by atoms with van der Waals surface area (Å²) in [6.45, 7) is 10.6. The van der Waals surface area contributed by atoms with Crippen LogP contribution < -0.4 is 5.73 Å². The topological polar surface area (TPSA) is 64.7 Å². The van der Waals surface area contributed by atoms with Gasteiger partial charge in [-0.15, -0.1) is 0 Å². The van der Waals surface area contributed by atoms with Crippen LogP contribution in [-0.4, -0.2) is 35.8 Å². The van der Waals surface area contributed by atoms with E-state index in [0.29, 0.717) is 41.1 Å². The van der Waals surface area contributed by atoms with E-state index in [1.165, 1.54) is 38.5 Å². The number of rotatable bonds is 0. The van der Waals surface area contributed by atoms with Gasteiger partial charge in [-0.05, 0) is 91.8 Å². The summed E-state index contributed by atoms with van der Waals surface area (Å²) >= 11 is 0. The van der Waals surface area contributed by atoms with Gasteiger partial charge in [0, 0.05) is 24.3 Å². The van der Waals surface area contributed by atoms with Crippen molar-refractivity contribution in [2.24, 2.45) is 58.0 Å². The van der Waals surface area contributed by atoms with Gasteiger partial charge in [-0.3, -0.25) is 0 Å². The lowest BCUT2D eigenvalue weighted by atomic mass is 9.43. The molecule has 3 N–H and O–H groups in total. The van der Waals surface area contributed by atoms with Crippen LogP contribution in [0.4, 0.5) is 0 Å². The Morgan fingerprint density at radius 2 is 1.74 bits per heavy atom. The molecule has 4 saturated carbocycles. The molecular formula is C27H45NO3. The first kappa shape index (κ1) is 21.4. The van der Waals surface area contributed by atoms with Gasteiger partial charge in [0.05, 0.1) is 18.8 Å². The monoisotopic (exact) mass is 431 g/mol. The number of aliphatic hydroxyl groups is 1. The van der Waals surface area contributed by atoms with Crippen molar-refractivity contribution in [3.05, 3.63) is 0 Å². The molecule has 0 radical (unpaired) electrons. The first-order chi connectivity index (χ1) is 14.7. The van der Waals surface area contributed by atoms with E-state index in [4.69, 9.17) is 15.2 Å². The first-order valence-electron chi connectivity index (χ1n) is 13.4. The number of fused-ring (bicyclic) bond motifs is 7. The molecule has 0 amide bonds. The van der Waals surface area contributed by atoms with E-state index < -0.39 is 0 Å². The fourth-order valence-electron chi connectivity index (χ4n) is 10.3. The van der Waals surface area contributed by atoms with Crippen molar-refractivity contribution in [1.29, 1.82) is 0 Å². The van der Waals surface area contributed by atoms with Crippen molar-refractivity contribution < 1.29 is 14.6 Å². The maximum absolute atomic E-state index is 10.3. The average molecular weight is 432 g/mol. The van der Waals surface area contributed by atoms with Crippen molar-refractivity contribution in [3.8, 4) is 0 Å². The quantitative estimate of drug-likeness (QED) is 0.582. The Morgan fingerprint density at radius 1 is 0.935 bits per heavy atom. The molecule has 6 aliphatic rings. The lowest BCUT2D eigenvalue weighted by molar-refractivity contribution is -0.273. The summed E-state index contributed by atoms with van der Waals surface area (Å²) in [5.74, 6) is 4.13. The van der Waals surface area contributed by atoms with Crippen LogP contribution in [0.1, 0.15) is 85.5 Å². The summed E-state index contributed by atoms with van der Waals surface area (Å²) in [7, 11) is 0. The third-order valence-corrected chi connectivity index (χ3v) is 12.1. The molecule has 1 spiro atoms. The molecule has 0 aromatic heterocycles. The normalized spacial score (nSPS) is 63.3. The molecule has 0 aromatic carbocycles. The zero-order valence-electron chi connectivity index (χ0n) is 20.2. The molecule has 2 heterocycles. The number of nitrogens with two attached hydrogens (primary N) is 1. The fraction of sp³-hybridized carbons (Fsp3) is 1.00. The van der Waals surface area contributed by atoms with Crippen molar-refractivity contribution in [3.63, 3.8) is 0 Å². The summed E-state index contributed by atoms with van der Waals surface area (Å²) in [4.78, 5) is 0. The third kappa shape index (κ3) is 2.74. The van der Waals surface area contributed by atoms with Crippen molar-refractivity contribution in [2.45, 2.75) is 110 Å². The zero-order valence-corrected chi connectivity index (χ0v) is 20.2. The van der Waals surface area contributed by atoms with Crippen LogP contribution in [0, 0.1) is 52.3 Å². The van der Waals surface area contributed by atoms with Crippen molar-refractivity contribution >= 4 is 0 Å². The molecule has 31 heavy (non-hydrogen) atoms. The predicted octanol–water partition coefficient (Wildman–Crippen LogP) is 4.73. The molecule has 4 aliphatic carbocycles. The van der Waals surface area contributed by atoms with Crippen LogP contribution in [0.15, 0.2) is 0 Å². The molecule has 4 heteroatoms. The summed E-state index contributed by atoms with van der Waals surface area (Å²) in [5, 5.41) is 10.3. The van der Waals surface area contributed by atoms with Gasteiger partial charge < -0.3 is 20.3 Å². The smallest absolute Gasteiger partial charge is 0.171 e. The number of hydrogen-bond donors (Lipinski definition) is 2. The number of hydrogen-bond acceptors (Lipinski definition) is 4. The molecule has 0 aromatic rings. The Hall–Kier alpha value is -0.160.